The van der Waals surface area contributed by atoms with Gasteiger partial charge < -0.3 is 24.6 Å². The number of carbonyl (C=O) groups is 2. The van der Waals surface area contributed by atoms with Gasteiger partial charge in [0.25, 0.3) is 0 Å². The normalized spacial score (nSPS) is 20.1. The van der Waals surface area contributed by atoms with E-state index in [0.29, 0.717) is 47.6 Å². The van der Waals surface area contributed by atoms with Gasteiger partial charge in [0.05, 0.1) is 18.8 Å². The Kier molecular flexibility index (Phi) is 7.38. The van der Waals surface area contributed by atoms with E-state index in [2.05, 4.69) is 11.4 Å². The molecule has 0 fully saturated rings. The maximum absolute atomic E-state index is 13.6. The number of hydrogen-bond donors (Lipinski definition) is 2. The summed E-state index contributed by atoms with van der Waals surface area (Å²) < 4.78 is 16.1. The summed E-state index contributed by atoms with van der Waals surface area (Å²) in [6, 6.07) is 9.02. The maximum atomic E-state index is 13.6. The molecule has 0 saturated heterocycles. The number of rotatable bonds is 8. The number of allylic oxidation sites excluding steroid dienone is 3. The van der Waals surface area contributed by atoms with Crippen molar-refractivity contribution in [3.8, 4) is 11.5 Å². The van der Waals surface area contributed by atoms with Crippen LogP contribution in [0.3, 0.4) is 0 Å². The Hall–Kier alpha value is -3.10. The second-order valence-electron chi connectivity index (χ2n) is 8.32. The first-order valence-electron chi connectivity index (χ1n) is 11.3. The molecule has 0 radical (unpaired) electrons. The summed E-state index contributed by atoms with van der Waals surface area (Å²) in [5.74, 6) is -0.712. The summed E-state index contributed by atoms with van der Waals surface area (Å²) >= 11 is 1.65. The largest absolute Gasteiger partial charge is 0.504 e. The number of dihydropyridines is 1. The van der Waals surface area contributed by atoms with Crippen LogP contribution in [0.15, 0.2) is 58.3 Å². The van der Waals surface area contributed by atoms with Crippen molar-refractivity contribution in [2.45, 2.75) is 38.5 Å². The molecular formula is C26H29NO6S. The summed E-state index contributed by atoms with van der Waals surface area (Å²) in [5, 5.41) is 15.6. The summed E-state index contributed by atoms with van der Waals surface area (Å²) in [6.45, 7) is 4.42. The Bertz CT molecular complexity index is 1130. The van der Waals surface area contributed by atoms with Crippen LogP contribution in [0, 0.1) is 0 Å². The third-order valence-electron chi connectivity index (χ3n) is 6.13. The van der Waals surface area contributed by atoms with Gasteiger partial charge in [-0.25, -0.2) is 4.79 Å². The smallest absolute Gasteiger partial charge is 0.336 e. The number of Topliss-reactive ketones (excluding diaryl/α,β-unsaturated/α-hetero) is 1. The van der Waals surface area contributed by atoms with E-state index >= 15 is 0 Å². The van der Waals surface area contributed by atoms with Crippen LogP contribution in [0.1, 0.15) is 49.0 Å². The number of ketones is 1. The summed E-state index contributed by atoms with van der Waals surface area (Å²) in [6.07, 6.45) is 1.05. The highest BCUT2D eigenvalue weighted by molar-refractivity contribution is 7.10. The average Bonchev–Trinajstić information content (AvgIpc) is 3.35. The molecule has 2 N–H and O–H groups in total. The quantitative estimate of drug-likeness (QED) is 0.424. The van der Waals surface area contributed by atoms with Gasteiger partial charge in [0.2, 0.25) is 0 Å². The summed E-state index contributed by atoms with van der Waals surface area (Å²) in [4.78, 5) is 27.9. The van der Waals surface area contributed by atoms with Crippen molar-refractivity contribution in [1.29, 1.82) is 0 Å². The Morgan fingerprint density at radius 2 is 2.06 bits per heavy atom. The van der Waals surface area contributed by atoms with Gasteiger partial charge in [0.15, 0.2) is 17.3 Å². The zero-order valence-corrected chi connectivity index (χ0v) is 20.4. The number of ether oxygens (including phenoxy) is 3. The molecule has 0 saturated carbocycles. The number of benzene rings is 1. The molecule has 8 heteroatoms. The van der Waals surface area contributed by atoms with Gasteiger partial charge in [-0.2, -0.15) is 0 Å². The number of hydrogen-bond acceptors (Lipinski definition) is 8. The SMILES string of the molecule is CCOc1cc(C2C(C(=O)OCCOC)=C(C)NC3=C2C(=O)CC(c2cccs2)C3)ccc1O. The van der Waals surface area contributed by atoms with Crippen LogP contribution in [0.25, 0.3) is 0 Å². The van der Waals surface area contributed by atoms with Crippen LogP contribution < -0.4 is 10.1 Å². The fourth-order valence-electron chi connectivity index (χ4n) is 4.64. The lowest BCUT2D eigenvalue weighted by Crippen LogP contribution is -2.36. The van der Waals surface area contributed by atoms with Crippen molar-refractivity contribution in [2.24, 2.45) is 0 Å². The Morgan fingerprint density at radius 3 is 2.76 bits per heavy atom. The first kappa shape index (κ1) is 24.0. The molecule has 2 heterocycles. The van der Waals surface area contributed by atoms with Crippen LogP contribution in [0.4, 0.5) is 0 Å². The molecule has 1 aromatic carbocycles. The second kappa shape index (κ2) is 10.4. The first-order chi connectivity index (χ1) is 16.4. The molecule has 2 aromatic rings. The second-order valence-corrected chi connectivity index (χ2v) is 9.30. The lowest BCUT2D eigenvalue weighted by atomic mass is 9.72. The zero-order valence-electron chi connectivity index (χ0n) is 19.6. The molecule has 2 atom stereocenters. The lowest BCUT2D eigenvalue weighted by molar-refractivity contribution is -0.140. The third-order valence-corrected chi connectivity index (χ3v) is 7.17. The van der Waals surface area contributed by atoms with E-state index in [1.807, 2.05) is 25.3 Å². The first-order valence-corrected chi connectivity index (χ1v) is 12.2. The van der Waals surface area contributed by atoms with Crippen molar-refractivity contribution in [3.63, 3.8) is 0 Å². The predicted molar refractivity (Wildman–Crippen MR) is 129 cm³/mol. The molecular weight excluding hydrogens is 454 g/mol. The van der Waals surface area contributed by atoms with Crippen molar-refractivity contribution in [3.05, 3.63) is 68.7 Å². The van der Waals surface area contributed by atoms with Crippen molar-refractivity contribution < 1.29 is 28.9 Å². The van der Waals surface area contributed by atoms with Crippen molar-refractivity contribution >= 4 is 23.1 Å². The van der Waals surface area contributed by atoms with E-state index in [9.17, 15) is 14.7 Å². The molecule has 0 bridgehead atoms. The standard InChI is InChI=1S/C26H29NO6S/c1-4-32-21-14-16(7-8-19(21)28)24-23(26(30)33-10-9-31-3)15(2)27-18-12-17(13-20(29)25(18)24)22-6-5-11-34-22/h5-8,11,14,17,24,27-28H,4,9-10,12-13H2,1-3H3. The molecule has 2 aliphatic rings. The average molecular weight is 484 g/mol. The van der Waals surface area contributed by atoms with Gasteiger partial charge in [0, 0.05) is 47.2 Å². The highest BCUT2D eigenvalue weighted by atomic mass is 32.1. The fraction of sp³-hybridized carbons (Fsp3) is 0.385. The molecule has 7 nitrogen and oxygen atoms in total. The number of nitrogens with one attached hydrogen (secondary N) is 1. The number of aromatic hydroxyl groups is 1. The number of methoxy groups -OCH3 is 1. The monoisotopic (exact) mass is 483 g/mol. The molecule has 1 aliphatic carbocycles. The van der Waals surface area contributed by atoms with Crippen LogP contribution in [-0.4, -0.2) is 43.8 Å². The minimum absolute atomic E-state index is 0.00197. The fourth-order valence-corrected chi connectivity index (χ4v) is 5.48. The number of carbonyl (C=O) groups excluding carboxylic acids is 2. The van der Waals surface area contributed by atoms with Gasteiger partial charge in [-0.15, -0.1) is 11.3 Å². The van der Waals surface area contributed by atoms with E-state index in [-0.39, 0.29) is 30.7 Å². The zero-order chi connectivity index (χ0) is 24.2. The minimum atomic E-state index is -0.622. The van der Waals surface area contributed by atoms with Crippen molar-refractivity contribution in [1.82, 2.24) is 5.32 Å². The minimum Gasteiger partial charge on any atom is -0.504 e. The highest BCUT2D eigenvalue weighted by Crippen LogP contribution is 2.47. The molecule has 1 aromatic heterocycles. The Morgan fingerprint density at radius 1 is 1.24 bits per heavy atom. The summed E-state index contributed by atoms with van der Waals surface area (Å²) in [7, 11) is 1.54. The highest BCUT2D eigenvalue weighted by Gasteiger charge is 2.41. The van der Waals surface area contributed by atoms with Crippen LogP contribution in [-0.2, 0) is 19.1 Å². The molecule has 2 unspecified atom stereocenters. The number of thiophene rings is 1. The molecule has 0 spiro atoms. The van der Waals surface area contributed by atoms with E-state index in [0.717, 1.165) is 5.70 Å². The third kappa shape index (κ3) is 4.74. The Balaban J connectivity index is 1.78. The van der Waals surface area contributed by atoms with E-state index in [4.69, 9.17) is 14.2 Å². The molecule has 4 rings (SSSR count). The van der Waals surface area contributed by atoms with Gasteiger partial charge in [0.1, 0.15) is 6.61 Å². The number of esters is 1. The molecule has 34 heavy (non-hydrogen) atoms. The number of phenols is 1. The van der Waals surface area contributed by atoms with E-state index < -0.39 is 11.9 Å². The molecule has 180 valence electrons. The molecule has 0 amide bonds. The number of phenolic OH excluding ortho intramolecular Hbond substituents is 1. The van der Waals surface area contributed by atoms with Gasteiger partial charge in [-0.3, -0.25) is 4.79 Å². The predicted octanol–water partition coefficient (Wildman–Crippen LogP) is 4.40. The Labute approximate surface area is 203 Å². The van der Waals surface area contributed by atoms with E-state index in [1.54, 1.807) is 23.5 Å². The maximum Gasteiger partial charge on any atom is 0.336 e. The molecule has 1 aliphatic heterocycles. The summed E-state index contributed by atoms with van der Waals surface area (Å²) in [5.41, 5.74) is 3.13. The van der Waals surface area contributed by atoms with Crippen molar-refractivity contribution in [2.75, 3.05) is 26.9 Å². The van der Waals surface area contributed by atoms with Gasteiger partial charge >= 0.3 is 5.97 Å². The van der Waals surface area contributed by atoms with Gasteiger partial charge in [-0.1, -0.05) is 12.1 Å². The van der Waals surface area contributed by atoms with Crippen LogP contribution >= 0.6 is 11.3 Å². The topological polar surface area (TPSA) is 94.1 Å². The van der Waals surface area contributed by atoms with Crippen LogP contribution in [0.2, 0.25) is 0 Å². The lowest BCUT2D eigenvalue weighted by Gasteiger charge is -2.36. The van der Waals surface area contributed by atoms with Crippen LogP contribution in [0.5, 0.6) is 11.5 Å². The van der Waals surface area contributed by atoms with E-state index in [1.165, 1.54) is 18.1 Å². The van der Waals surface area contributed by atoms with Gasteiger partial charge in [-0.05, 0) is 49.4 Å².